The quantitative estimate of drug-likeness (QED) is 0.808. The number of rotatable bonds is 3. The predicted molar refractivity (Wildman–Crippen MR) is 66.1 cm³/mol. The van der Waals surface area contributed by atoms with Crippen LogP contribution in [0.1, 0.15) is 25.6 Å². The average Bonchev–Trinajstić information content (AvgIpc) is 2.69. The van der Waals surface area contributed by atoms with Gasteiger partial charge in [-0.25, -0.2) is 4.98 Å². The molecule has 1 aromatic rings. The predicted octanol–water partition coefficient (Wildman–Crippen LogP) is 1.32. The second-order valence-electron chi connectivity index (χ2n) is 5.32. The number of hydrogen-bond acceptors (Lipinski definition) is 3. The maximum absolute atomic E-state index is 12.3. The number of carbonyl (C=O) groups excluding carboxylic acids is 1. The number of aryl methyl sites for hydroxylation is 1. The maximum atomic E-state index is 12.3. The van der Waals surface area contributed by atoms with E-state index in [4.69, 9.17) is 0 Å². The minimum Gasteiger partial charge on any atom is -0.337 e. The molecule has 0 bridgehead atoms. The van der Waals surface area contributed by atoms with E-state index in [1.54, 1.807) is 18.1 Å². The van der Waals surface area contributed by atoms with Gasteiger partial charge in [-0.05, 0) is 18.8 Å². The number of hydrogen-bond donors (Lipinski definition) is 0. The van der Waals surface area contributed by atoms with Crippen molar-refractivity contribution in [2.75, 3.05) is 7.05 Å². The molecule has 96 valence electrons. The Kier molecular flexibility index (Phi) is 3.12. The lowest BCUT2D eigenvalue weighted by Crippen LogP contribution is -2.48. The molecule has 1 heterocycles. The third kappa shape index (κ3) is 1.99. The molecule has 0 atom stereocenters. The molecular weight excluding hydrogens is 228 g/mol. The second kappa shape index (κ2) is 4.45. The Morgan fingerprint density at radius 3 is 2.83 bits per heavy atom. The zero-order valence-corrected chi connectivity index (χ0v) is 11.1. The highest BCUT2D eigenvalue weighted by atomic mass is 16.2. The number of nitrogens with zero attached hydrogens (tertiary/aromatic N) is 4. The Hall–Kier alpha value is -1.83. The van der Waals surface area contributed by atoms with Gasteiger partial charge in [-0.3, -0.25) is 4.79 Å². The summed E-state index contributed by atoms with van der Waals surface area (Å²) < 4.78 is 1.88. The highest BCUT2D eigenvalue weighted by Crippen LogP contribution is 2.46. The average molecular weight is 246 g/mol. The number of carbonyl (C=O) groups is 1. The Balaban J connectivity index is 2.06. The molecule has 0 spiro atoms. The Labute approximate surface area is 107 Å². The van der Waals surface area contributed by atoms with Gasteiger partial charge in [-0.1, -0.05) is 6.92 Å². The summed E-state index contributed by atoms with van der Waals surface area (Å²) in [5.74, 6) is 1.22. The first-order valence-electron chi connectivity index (χ1n) is 6.11. The smallest absolute Gasteiger partial charge is 0.243 e. The van der Waals surface area contributed by atoms with Gasteiger partial charge in [-0.2, -0.15) is 5.26 Å². The number of amides is 1. The Bertz CT molecular complexity index is 493. The summed E-state index contributed by atoms with van der Waals surface area (Å²) >= 11 is 0. The van der Waals surface area contributed by atoms with E-state index in [1.807, 2.05) is 17.8 Å². The largest absolute Gasteiger partial charge is 0.337 e. The van der Waals surface area contributed by atoms with Crippen molar-refractivity contribution in [3.8, 4) is 6.07 Å². The van der Waals surface area contributed by atoms with Gasteiger partial charge in [0, 0.05) is 26.5 Å². The first-order chi connectivity index (χ1) is 8.48. The molecule has 1 aromatic heterocycles. The highest BCUT2D eigenvalue weighted by molar-refractivity contribution is 5.86. The van der Waals surface area contributed by atoms with Gasteiger partial charge in [0.05, 0.1) is 12.6 Å². The Morgan fingerprint density at radius 1 is 1.72 bits per heavy atom. The molecule has 0 aromatic carbocycles. The van der Waals surface area contributed by atoms with Crippen LogP contribution in [-0.2, 0) is 18.4 Å². The van der Waals surface area contributed by atoms with E-state index in [2.05, 4.69) is 18.0 Å². The van der Waals surface area contributed by atoms with E-state index in [9.17, 15) is 10.1 Å². The van der Waals surface area contributed by atoms with Crippen molar-refractivity contribution >= 4 is 5.91 Å². The van der Waals surface area contributed by atoms with Crippen molar-refractivity contribution in [3.05, 3.63) is 18.2 Å². The third-order valence-corrected chi connectivity index (χ3v) is 3.66. The zero-order valence-electron chi connectivity index (χ0n) is 11.1. The summed E-state index contributed by atoms with van der Waals surface area (Å²) in [5, 5.41) is 9.24. The fraction of sp³-hybridized carbons (Fsp3) is 0.615. The molecular formula is C13H18N4O. The van der Waals surface area contributed by atoms with Crippen molar-refractivity contribution in [1.82, 2.24) is 14.5 Å². The SMILES string of the molecule is CC1CC(C#N)(C(=O)N(C)Cc2nccn2C)C1. The molecule has 1 aliphatic carbocycles. The Morgan fingerprint density at radius 2 is 2.39 bits per heavy atom. The molecule has 5 nitrogen and oxygen atoms in total. The van der Waals surface area contributed by atoms with Crippen LogP contribution in [0.3, 0.4) is 0 Å². The number of imidazole rings is 1. The van der Waals surface area contributed by atoms with Gasteiger partial charge < -0.3 is 9.47 Å². The normalized spacial score (nSPS) is 26.2. The standard InChI is InChI=1S/C13H18N4O/c1-10-6-13(7-10,9-14)12(18)17(3)8-11-15-4-5-16(11)2/h4-5,10H,6-8H2,1-3H3. The number of nitriles is 1. The molecule has 18 heavy (non-hydrogen) atoms. The monoisotopic (exact) mass is 246 g/mol. The fourth-order valence-corrected chi connectivity index (χ4v) is 2.64. The molecule has 1 fully saturated rings. The minimum absolute atomic E-state index is 0.0777. The number of aromatic nitrogens is 2. The maximum Gasteiger partial charge on any atom is 0.243 e. The van der Waals surface area contributed by atoms with Gasteiger partial charge in [0.15, 0.2) is 0 Å². The van der Waals surface area contributed by atoms with E-state index in [1.165, 1.54) is 0 Å². The molecule has 1 amide bonds. The topological polar surface area (TPSA) is 61.9 Å². The second-order valence-corrected chi connectivity index (χ2v) is 5.32. The summed E-state index contributed by atoms with van der Waals surface area (Å²) in [5.41, 5.74) is -0.792. The first kappa shape index (κ1) is 12.6. The van der Waals surface area contributed by atoms with E-state index in [0.29, 0.717) is 25.3 Å². The van der Waals surface area contributed by atoms with Crippen LogP contribution in [0.15, 0.2) is 12.4 Å². The zero-order chi connectivity index (χ0) is 13.3. The van der Waals surface area contributed by atoms with Crippen molar-refractivity contribution < 1.29 is 4.79 Å². The lowest BCUT2D eigenvalue weighted by molar-refractivity contribution is -0.144. The van der Waals surface area contributed by atoms with Crippen molar-refractivity contribution in [1.29, 1.82) is 5.26 Å². The van der Waals surface area contributed by atoms with E-state index in [0.717, 1.165) is 5.82 Å². The summed E-state index contributed by atoms with van der Waals surface area (Å²) in [6.45, 7) is 2.52. The summed E-state index contributed by atoms with van der Waals surface area (Å²) in [6.07, 6.45) is 4.90. The molecule has 0 unspecified atom stereocenters. The van der Waals surface area contributed by atoms with E-state index in [-0.39, 0.29) is 5.91 Å². The van der Waals surface area contributed by atoms with Gasteiger partial charge in [-0.15, -0.1) is 0 Å². The molecule has 5 heteroatoms. The van der Waals surface area contributed by atoms with Gasteiger partial charge in [0.25, 0.3) is 0 Å². The molecule has 0 aliphatic heterocycles. The molecule has 1 aliphatic rings. The van der Waals surface area contributed by atoms with Crippen LogP contribution in [-0.4, -0.2) is 27.4 Å². The van der Waals surface area contributed by atoms with E-state index >= 15 is 0 Å². The third-order valence-electron chi connectivity index (χ3n) is 3.66. The van der Waals surface area contributed by atoms with Crippen LogP contribution in [0.25, 0.3) is 0 Å². The van der Waals surface area contributed by atoms with Crippen LogP contribution in [0.4, 0.5) is 0 Å². The van der Waals surface area contributed by atoms with Crippen molar-refractivity contribution in [2.45, 2.75) is 26.3 Å². The summed E-state index contributed by atoms with van der Waals surface area (Å²) in [6, 6.07) is 2.20. The lowest BCUT2D eigenvalue weighted by Gasteiger charge is -2.41. The molecule has 0 saturated heterocycles. The van der Waals surface area contributed by atoms with E-state index < -0.39 is 5.41 Å². The molecule has 0 N–H and O–H groups in total. The lowest BCUT2D eigenvalue weighted by atomic mass is 9.63. The van der Waals surface area contributed by atoms with Gasteiger partial charge in [0.1, 0.15) is 11.2 Å². The van der Waals surface area contributed by atoms with Crippen LogP contribution in [0.5, 0.6) is 0 Å². The van der Waals surface area contributed by atoms with Gasteiger partial charge in [0.2, 0.25) is 5.91 Å². The van der Waals surface area contributed by atoms with Crippen LogP contribution in [0.2, 0.25) is 0 Å². The highest BCUT2D eigenvalue weighted by Gasteiger charge is 2.50. The van der Waals surface area contributed by atoms with Crippen LogP contribution >= 0.6 is 0 Å². The van der Waals surface area contributed by atoms with Crippen LogP contribution in [0, 0.1) is 22.7 Å². The van der Waals surface area contributed by atoms with Crippen molar-refractivity contribution in [3.63, 3.8) is 0 Å². The first-order valence-corrected chi connectivity index (χ1v) is 6.11. The molecule has 0 radical (unpaired) electrons. The molecule has 2 rings (SSSR count). The van der Waals surface area contributed by atoms with Gasteiger partial charge >= 0.3 is 0 Å². The fourth-order valence-electron chi connectivity index (χ4n) is 2.64. The summed E-state index contributed by atoms with van der Waals surface area (Å²) in [4.78, 5) is 18.1. The minimum atomic E-state index is -0.792. The molecule has 1 saturated carbocycles. The van der Waals surface area contributed by atoms with Crippen molar-refractivity contribution in [2.24, 2.45) is 18.4 Å². The summed E-state index contributed by atoms with van der Waals surface area (Å²) in [7, 11) is 3.63. The van der Waals surface area contributed by atoms with Crippen LogP contribution < -0.4 is 0 Å².